The van der Waals surface area contributed by atoms with Crippen molar-refractivity contribution in [3.63, 3.8) is 0 Å². The van der Waals surface area contributed by atoms with Crippen LogP contribution in [-0.2, 0) is 4.79 Å². The number of likely N-dealkylation sites (tertiary alicyclic amines) is 1. The number of hydrogen-bond acceptors (Lipinski definition) is 5. The summed E-state index contributed by atoms with van der Waals surface area (Å²) >= 11 is 1.84. The van der Waals surface area contributed by atoms with Crippen LogP contribution in [-0.4, -0.2) is 92.0 Å². The summed E-state index contributed by atoms with van der Waals surface area (Å²) in [6.45, 7) is 13.2. The standard InChI is InChI=1S/C21H36N6OS/c1-3-22-21(23-8-11-25-12-14-26(15-13-25)18(2)28)24-17-19(20-7-6-16-29-20)27-9-4-5-10-27/h6-7,16,19H,3-5,8-15,17H2,1-2H3,(H2,22,23,24). The van der Waals surface area contributed by atoms with Crippen LogP contribution in [0, 0.1) is 0 Å². The molecule has 1 atom stereocenters. The minimum Gasteiger partial charge on any atom is -0.357 e. The summed E-state index contributed by atoms with van der Waals surface area (Å²) in [5, 5.41) is 9.04. The number of rotatable bonds is 8. The van der Waals surface area contributed by atoms with E-state index in [1.807, 2.05) is 16.2 Å². The Morgan fingerprint density at radius 3 is 2.55 bits per heavy atom. The molecule has 7 nitrogen and oxygen atoms in total. The molecule has 1 aromatic heterocycles. The molecule has 1 aromatic rings. The number of nitrogens with one attached hydrogen (secondary N) is 2. The van der Waals surface area contributed by atoms with E-state index in [0.717, 1.165) is 58.3 Å². The van der Waals surface area contributed by atoms with Crippen LogP contribution < -0.4 is 10.6 Å². The lowest BCUT2D eigenvalue weighted by molar-refractivity contribution is -0.130. The van der Waals surface area contributed by atoms with Crippen molar-refractivity contribution in [3.05, 3.63) is 22.4 Å². The van der Waals surface area contributed by atoms with Crippen molar-refractivity contribution in [2.24, 2.45) is 4.99 Å². The number of nitrogens with zero attached hydrogens (tertiary/aromatic N) is 4. The van der Waals surface area contributed by atoms with E-state index in [0.29, 0.717) is 6.04 Å². The fourth-order valence-corrected chi connectivity index (χ4v) is 4.91. The van der Waals surface area contributed by atoms with Gasteiger partial charge in [0.15, 0.2) is 5.96 Å². The van der Waals surface area contributed by atoms with E-state index in [9.17, 15) is 4.79 Å². The number of carbonyl (C=O) groups is 1. The molecule has 2 N–H and O–H groups in total. The van der Waals surface area contributed by atoms with Gasteiger partial charge in [0, 0.05) is 57.6 Å². The van der Waals surface area contributed by atoms with Gasteiger partial charge in [0.1, 0.15) is 0 Å². The molecule has 0 radical (unpaired) electrons. The van der Waals surface area contributed by atoms with Crippen LogP contribution in [0.4, 0.5) is 0 Å². The molecule has 0 aliphatic carbocycles. The van der Waals surface area contributed by atoms with Gasteiger partial charge in [-0.05, 0) is 44.3 Å². The van der Waals surface area contributed by atoms with Crippen LogP contribution in [0.15, 0.2) is 22.5 Å². The highest BCUT2D eigenvalue weighted by Gasteiger charge is 2.24. The Kier molecular flexibility index (Phi) is 8.76. The van der Waals surface area contributed by atoms with Crippen molar-refractivity contribution in [1.29, 1.82) is 0 Å². The second kappa shape index (κ2) is 11.5. The number of piperazine rings is 1. The maximum absolute atomic E-state index is 11.5. The van der Waals surface area contributed by atoms with Gasteiger partial charge in [0.05, 0.1) is 12.6 Å². The molecule has 0 spiro atoms. The van der Waals surface area contributed by atoms with Crippen molar-refractivity contribution in [1.82, 2.24) is 25.3 Å². The molecule has 1 unspecified atom stereocenters. The third-order valence-corrected chi connectivity index (χ3v) is 6.73. The molecule has 2 saturated heterocycles. The minimum absolute atomic E-state index is 0.183. The Hall–Kier alpha value is -1.64. The van der Waals surface area contributed by atoms with Gasteiger partial charge >= 0.3 is 0 Å². The van der Waals surface area contributed by atoms with E-state index < -0.39 is 0 Å². The lowest BCUT2D eigenvalue weighted by atomic mass is 10.2. The molecule has 8 heteroatoms. The van der Waals surface area contributed by atoms with Crippen LogP contribution in [0.25, 0.3) is 0 Å². The molecule has 0 aromatic carbocycles. The van der Waals surface area contributed by atoms with Crippen LogP contribution in [0.2, 0.25) is 0 Å². The van der Waals surface area contributed by atoms with Gasteiger partial charge in [-0.3, -0.25) is 19.6 Å². The van der Waals surface area contributed by atoms with Crippen molar-refractivity contribution in [2.75, 3.05) is 65.4 Å². The number of amides is 1. The highest BCUT2D eigenvalue weighted by molar-refractivity contribution is 7.10. The van der Waals surface area contributed by atoms with Crippen LogP contribution >= 0.6 is 11.3 Å². The van der Waals surface area contributed by atoms with E-state index in [4.69, 9.17) is 4.99 Å². The summed E-state index contributed by atoms with van der Waals surface area (Å²) in [6, 6.07) is 4.76. The van der Waals surface area contributed by atoms with E-state index in [1.165, 1.54) is 30.8 Å². The second-order valence-corrected chi connectivity index (χ2v) is 8.75. The molecule has 3 heterocycles. The molecule has 2 aliphatic rings. The lowest BCUT2D eigenvalue weighted by Crippen LogP contribution is -2.50. The van der Waals surface area contributed by atoms with Crippen molar-refractivity contribution in [3.8, 4) is 0 Å². The monoisotopic (exact) mass is 420 g/mol. The zero-order chi connectivity index (χ0) is 20.5. The average molecular weight is 421 g/mol. The molecule has 29 heavy (non-hydrogen) atoms. The first-order valence-electron chi connectivity index (χ1n) is 10.9. The van der Waals surface area contributed by atoms with E-state index >= 15 is 0 Å². The number of thiophene rings is 1. The third kappa shape index (κ3) is 6.69. The summed E-state index contributed by atoms with van der Waals surface area (Å²) < 4.78 is 0. The quantitative estimate of drug-likeness (QED) is 0.494. The van der Waals surface area contributed by atoms with Gasteiger partial charge in [0.2, 0.25) is 5.91 Å². The predicted octanol–water partition coefficient (Wildman–Crippen LogP) is 1.60. The molecule has 0 saturated carbocycles. The van der Waals surface area contributed by atoms with Gasteiger partial charge in [0.25, 0.3) is 0 Å². The second-order valence-electron chi connectivity index (χ2n) is 7.77. The molecule has 0 bridgehead atoms. The summed E-state index contributed by atoms with van der Waals surface area (Å²) in [6.07, 6.45) is 2.58. The summed E-state index contributed by atoms with van der Waals surface area (Å²) in [5.74, 6) is 1.08. The van der Waals surface area contributed by atoms with Gasteiger partial charge < -0.3 is 15.5 Å². The van der Waals surface area contributed by atoms with Gasteiger partial charge in [-0.15, -0.1) is 11.3 Å². The Bertz CT molecular complexity index is 636. The van der Waals surface area contributed by atoms with Crippen molar-refractivity contribution in [2.45, 2.75) is 32.7 Å². The Balaban J connectivity index is 1.49. The zero-order valence-electron chi connectivity index (χ0n) is 17.9. The maximum Gasteiger partial charge on any atom is 0.219 e. The lowest BCUT2D eigenvalue weighted by Gasteiger charge is -2.34. The Morgan fingerprint density at radius 2 is 1.93 bits per heavy atom. The summed E-state index contributed by atoms with van der Waals surface area (Å²) in [7, 11) is 0. The summed E-state index contributed by atoms with van der Waals surface area (Å²) in [4.78, 5) is 24.7. The van der Waals surface area contributed by atoms with Crippen molar-refractivity contribution >= 4 is 23.2 Å². The van der Waals surface area contributed by atoms with E-state index in [-0.39, 0.29) is 5.91 Å². The Morgan fingerprint density at radius 1 is 1.17 bits per heavy atom. The molecular formula is C21H36N6OS. The van der Waals surface area contributed by atoms with Crippen LogP contribution in [0.5, 0.6) is 0 Å². The molecule has 1 amide bonds. The number of aliphatic imine (C=N–C) groups is 1. The predicted molar refractivity (Wildman–Crippen MR) is 121 cm³/mol. The van der Waals surface area contributed by atoms with Gasteiger partial charge in [-0.1, -0.05) is 6.07 Å². The first-order chi connectivity index (χ1) is 14.2. The van der Waals surface area contributed by atoms with Crippen LogP contribution in [0.3, 0.4) is 0 Å². The first kappa shape index (κ1) is 22.1. The molecule has 2 fully saturated rings. The van der Waals surface area contributed by atoms with Crippen LogP contribution in [0.1, 0.15) is 37.6 Å². The van der Waals surface area contributed by atoms with E-state index in [2.05, 4.69) is 44.9 Å². The first-order valence-corrected chi connectivity index (χ1v) is 11.8. The highest BCUT2D eigenvalue weighted by atomic mass is 32.1. The van der Waals surface area contributed by atoms with E-state index in [1.54, 1.807) is 6.92 Å². The topological polar surface area (TPSA) is 63.2 Å². The zero-order valence-corrected chi connectivity index (χ0v) is 18.7. The smallest absolute Gasteiger partial charge is 0.219 e. The normalized spacial score (nSPS) is 20.1. The van der Waals surface area contributed by atoms with Crippen molar-refractivity contribution < 1.29 is 4.79 Å². The fourth-order valence-electron chi connectivity index (χ4n) is 4.06. The maximum atomic E-state index is 11.5. The molecule has 2 aliphatic heterocycles. The Labute approximate surface area is 179 Å². The van der Waals surface area contributed by atoms with Gasteiger partial charge in [-0.2, -0.15) is 0 Å². The average Bonchev–Trinajstić information content (AvgIpc) is 3.43. The largest absolute Gasteiger partial charge is 0.357 e. The highest BCUT2D eigenvalue weighted by Crippen LogP contribution is 2.28. The number of guanidine groups is 1. The number of hydrogen-bond donors (Lipinski definition) is 2. The third-order valence-electron chi connectivity index (χ3n) is 5.76. The minimum atomic E-state index is 0.183. The van der Waals surface area contributed by atoms with Gasteiger partial charge in [-0.25, -0.2) is 0 Å². The molecule has 3 rings (SSSR count). The molecular weight excluding hydrogens is 384 g/mol. The molecule has 162 valence electrons. The SMILES string of the molecule is CCNC(=NCC(c1cccs1)N1CCCC1)NCCN1CCN(C(C)=O)CC1. The summed E-state index contributed by atoms with van der Waals surface area (Å²) in [5.41, 5.74) is 0. The fraction of sp³-hybridized carbons (Fsp3) is 0.714. The number of carbonyl (C=O) groups excluding carboxylic acids is 1.